The monoisotopic (exact) mass is 767 g/mol. The number of amides is 1. The van der Waals surface area contributed by atoms with Gasteiger partial charge in [0.2, 0.25) is 5.78 Å². The van der Waals surface area contributed by atoms with E-state index >= 15 is 0 Å². The number of nitrogens with one attached hydrogen (secondary N) is 1. The number of aliphatic hydroxyl groups excluding tert-OH is 2. The summed E-state index contributed by atoms with van der Waals surface area (Å²) in [4.78, 5) is 54.0. The minimum absolute atomic E-state index is 0.0688. The predicted molar refractivity (Wildman–Crippen MR) is 196 cm³/mol. The van der Waals surface area contributed by atoms with Crippen LogP contribution in [0.1, 0.15) is 91.8 Å². The first-order chi connectivity index (χ1) is 26.9. The molecule has 0 aromatic heterocycles. The molecule has 1 heterocycles. The Bertz CT molecular complexity index is 2210. The maximum atomic E-state index is 14.0. The number of allylic oxidation sites excluding steroid dienone is 4. The van der Waals surface area contributed by atoms with E-state index in [0.717, 1.165) is 5.56 Å². The third-order valence-corrected chi connectivity index (χ3v) is 11.9. The van der Waals surface area contributed by atoms with Gasteiger partial charge in [-0.1, -0.05) is 60.7 Å². The molecule has 9 atom stereocenters. The first kappa shape index (κ1) is 37.5. The van der Waals surface area contributed by atoms with Crippen LogP contribution in [-0.4, -0.2) is 99.4 Å². The van der Waals surface area contributed by atoms with E-state index < -0.39 is 102 Å². The van der Waals surface area contributed by atoms with Crippen molar-refractivity contribution in [3.8, 4) is 17.2 Å². The normalized spacial score (nSPS) is 29.7. The number of Topliss-reactive ketones (excluding diaryl/α,β-unsaturated/α-hetero) is 1. The second kappa shape index (κ2) is 14.3. The van der Waals surface area contributed by atoms with Gasteiger partial charge in [-0.05, 0) is 30.0 Å². The fourth-order valence-corrected chi connectivity index (χ4v) is 9.10. The molecule has 1 amide bonds. The Balaban J connectivity index is 1.06. The van der Waals surface area contributed by atoms with E-state index in [-0.39, 0.29) is 58.8 Å². The van der Waals surface area contributed by atoms with E-state index in [2.05, 4.69) is 23.5 Å². The van der Waals surface area contributed by atoms with Gasteiger partial charge in [-0.3, -0.25) is 14.4 Å². The van der Waals surface area contributed by atoms with Crippen LogP contribution in [-0.2, 0) is 25.4 Å². The number of aliphatic hydroxyl groups is 3. The van der Waals surface area contributed by atoms with Crippen molar-refractivity contribution in [3.63, 3.8) is 0 Å². The summed E-state index contributed by atoms with van der Waals surface area (Å²) in [5.41, 5.74) is -1.71. The van der Waals surface area contributed by atoms with Crippen molar-refractivity contribution >= 4 is 23.4 Å². The zero-order valence-electron chi connectivity index (χ0n) is 30.5. The highest BCUT2D eigenvalue weighted by molar-refractivity contribution is 6.31. The maximum absolute atomic E-state index is 14.0. The number of ketones is 3. The van der Waals surface area contributed by atoms with Crippen molar-refractivity contribution in [2.45, 2.75) is 74.3 Å². The van der Waals surface area contributed by atoms with Gasteiger partial charge in [0.1, 0.15) is 42.2 Å². The molecule has 5 aliphatic rings. The Morgan fingerprint density at radius 3 is 2.45 bits per heavy atom. The first-order valence-electron chi connectivity index (χ1n) is 18.5. The molecule has 1 fully saturated rings. The molecule has 56 heavy (non-hydrogen) atoms. The minimum atomic E-state index is -2.34. The van der Waals surface area contributed by atoms with Crippen molar-refractivity contribution in [1.29, 1.82) is 0 Å². The van der Waals surface area contributed by atoms with E-state index in [9.17, 15) is 44.7 Å². The van der Waals surface area contributed by atoms with Crippen LogP contribution in [0.25, 0.3) is 0 Å². The molecule has 3 aromatic carbocycles. The number of alkyl carbamates (subject to hydrolysis) is 1. The molecule has 1 saturated heterocycles. The van der Waals surface area contributed by atoms with Gasteiger partial charge in [-0.2, -0.15) is 0 Å². The third-order valence-electron chi connectivity index (χ3n) is 11.9. The van der Waals surface area contributed by atoms with E-state index in [0.29, 0.717) is 0 Å². The molecule has 8 rings (SSSR count). The lowest BCUT2D eigenvalue weighted by Gasteiger charge is -2.42. The molecule has 0 radical (unpaired) electrons. The van der Waals surface area contributed by atoms with Crippen LogP contribution in [0.5, 0.6) is 17.2 Å². The highest BCUT2D eigenvalue weighted by Gasteiger charge is 2.50. The third kappa shape index (κ3) is 5.99. The summed E-state index contributed by atoms with van der Waals surface area (Å²) in [6.45, 7) is 0.560. The number of carbonyl (C=O) groups is 4. The zero-order chi connectivity index (χ0) is 39.6. The molecule has 0 spiro atoms. The van der Waals surface area contributed by atoms with Crippen molar-refractivity contribution in [3.05, 3.63) is 111 Å². The number of aromatic hydroxyl groups is 2. The van der Waals surface area contributed by atoms with Gasteiger partial charge in [0.15, 0.2) is 17.9 Å². The zero-order valence-corrected chi connectivity index (χ0v) is 30.5. The number of phenolic OH excluding ortho intramolecular Hbond substituents is 2. The Morgan fingerprint density at radius 1 is 0.964 bits per heavy atom. The number of hydrogen-bond acceptors (Lipinski definition) is 13. The van der Waals surface area contributed by atoms with Gasteiger partial charge in [-0.25, -0.2) is 4.79 Å². The van der Waals surface area contributed by atoms with Crippen LogP contribution in [0.3, 0.4) is 0 Å². The van der Waals surface area contributed by atoms with Crippen molar-refractivity contribution in [2.24, 2.45) is 5.92 Å². The van der Waals surface area contributed by atoms with E-state index in [1.807, 2.05) is 30.4 Å². The maximum Gasteiger partial charge on any atom is 0.407 e. The molecule has 6 N–H and O–H groups in total. The lowest BCUT2D eigenvalue weighted by molar-refractivity contribution is -0.249. The average Bonchev–Trinajstić information content (AvgIpc) is 3.51. The van der Waals surface area contributed by atoms with Crippen LogP contribution < -0.4 is 10.1 Å². The average molecular weight is 768 g/mol. The Labute approximate surface area is 321 Å². The van der Waals surface area contributed by atoms with E-state index in [4.69, 9.17) is 18.9 Å². The molecule has 0 bridgehead atoms. The molecule has 0 saturated carbocycles. The number of benzene rings is 3. The quantitative estimate of drug-likeness (QED) is 0.142. The van der Waals surface area contributed by atoms with Crippen molar-refractivity contribution in [1.82, 2.24) is 5.32 Å². The summed E-state index contributed by atoms with van der Waals surface area (Å²) >= 11 is 0. The highest BCUT2D eigenvalue weighted by atomic mass is 16.7. The fraction of sp³-hybridized carbons (Fsp3) is 0.381. The lowest BCUT2D eigenvalue weighted by Crippen LogP contribution is -2.56. The van der Waals surface area contributed by atoms with E-state index in [1.54, 1.807) is 6.92 Å². The number of hydrogen-bond donors (Lipinski definition) is 6. The van der Waals surface area contributed by atoms with Crippen LogP contribution in [0.2, 0.25) is 0 Å². The van der Waals surface area contributed by atoms with E-state index in [1.165, 1.54) is 30.9 Å². The Morgan fingerprint density at radius 2 is 1.70 bits per heavy atom. The number of fused-ring (bicyclic) bond motifs is 6. The summed E-state index contributed by atoms with van der Waals surface area (Å²) in [6.07, 6.45) is 1.26. The van der Waals surface area contributed by atoms with Gasteiger partial charge in [0.25, 0.3) is 0 Å². The van der Waals surface area contributed by atoms with Crippen LogP contribution >= 0.6 is 0 Å². The standard InChI is InChI=1S/C42H41NO13/c1-19-36(46)27(43-41(51)54-18-26-22-10-5-3-8-20(22)21-9-4-6-11-23(21)26)14-31(55-19)56-29-16-42(52,30(45)17-44)15-25-33(29)40(50)35-34(38(25)48)37(47)24-12-7-13-28(53-2)32(24)39(35)49/h3-13,19-20,22,26-27,29,31,36,44,46,48,50,52H,14-18H2,1-2H3,(H,43,51)/t19?,20?,22?,26?,27?,29-,31?,36?,42-/m0/s1. The molecule has 3 aromatic rings. The summed E-state index contributed by atoms with van der Waals surface area (Å²) in [5.74, 6) is -3.83. The second-order valence-corrected chi connectivity index (χ2v) is 15.0. The SMILES string of the molecule is COc1cccc2c1C(=O)c1c(O)c3c(c(O)c1C2=O)C[C@@](O)(C(=O)CO)C[C@@H]3OC1CC(NC(=O)OCC2c3ccccc3C3C=CC=CC32)C(O)C(C)O1. The lowest BCUT2D eigenvalue weighted by atomic mass is 9.72. The molecule has 14 heteroatoms. The molecule has 4 aliphatic carbocycles. The Kier molecular flexibility index (Phi) is 9.58. The number of rotatable bonds is 8. The number of ether oxygens (including phenoxy) is 4. The number of carbonyl (C=O) groups excluding carboxylic acids is 4. The fourth-order valence-electron chi connectivity index (χ4n) is 9.10. The minimum Gasteiger partial charge on any atom is -0.507 e. The number of phenols is 2. The van der Waals surface area contributed by atoms with Gasteiger partial charge >= 0.3 is 6.09 Å². The largest absolute Gasteiger partial charge is 0.507 e. The van der Waals surface area contributed by atoms with Crippen molar-refractivity contribution < 1.29 is 63.7 Å². The van der Waals surface area contributed by atoms with Gasteiger partial charge in [-0.15, -0.1) is 0 Å². The predicted octanol–water partition coefficient (Wildman–Crippen LogP) is 3.39. The highest BCUT2D eigenvalue weighted by Crippen LogP contribution is 2.53. The number of methoxy groups -OCH3 is 1. The summed E-state index contributed by atoms with van der Waals surface area (Å²) in [6, 6.07) is 11.4. The van der Waals surface area contributed by atoms with Crippen LogP contribution in [0, 0.1) is 5.92 Å². The molecule has 292 valence electrons. The molecule has 1 aliphatic heterocycles. The van der Waals surface area contributed by atoms with Crippen LogP contribution in [0.15, 0.2) is 66.8 Å². The second-order valence-electron chi connectivity index (χ2n) is 15.0. The van der Waals surface area contributed by atoms with Gasteiger partial charge in [0.05, 0.1) is 42.0 Å². The smallest absolute Gasteiger partial charge is 0.407 e. The van der Waals surface area contributed by atoms with Crippen molar-refractivity contribution in [2.75, 3.05) is 20.3 Å². The summed E-state index contributed by atoms with van der Waals surface area (Å²) < 4.78 is 23.3. The van der Waals surface area contributed by atoms with Gasteiger partial charge < -0.3 is 49.8 Å². The van der Waals surface area contributed by atoms with Crippen LogP contribution in [0.4, 0.5) is 4.79 Å². The molecular formula is C42H41NO13. The summed E-state index contributed by atoms with van der Waals surface area (Å²) in [7, 11) is 1.31. The molecular weight excluding hydrogens is 726 g/mol. The molecule has 7 unspecified atom stereocenters. The molecule has 14 nitrogen and oxygen atoms in total. The summed E-state index contributed by atoms with van der Waals surface area (Å²) in [5, 5.41) is 58.6. The first-order valence-corrected chi connectivity index (χ1v) is 18.5. The Hall–Kier alpha value is -5.38. The van der Waals surface area contributed by atoms with Gasteiger partial charge in [0, 0.05) is 47.8 Å². The topological polar surface area (TPSA) is 218 Å².